The van der Waals surface area contributed by atoms with E-state index in [-0.39, 0.29) is 20.3 Å². The molecule has 52 valence electrons. The normalized spacial score (nSPS) is 12.2. The Labute approximate surface area is 79.6 Å². The van der Waals surface area contributed by atoms with E-state index in [4.69, 9.17) is 4.55 Å². The van der Waals surface area contributed by atoms with Crippen molar-refractivity contribution in [3.05, 3.63) is 16.3 Å². The fraction of sp³-hybridized carbons (Fsp3) is 0.200. The van der Waals surface area contributed by atoms with Gasteiger partial charge < -0.3 is 5.98 Å². The van der Waals surface area contributed by atoms with Crippen molar-refractivity contribution < 1.29 is 29.0 Å². The first kappa shape index (κ1) is 10.4. The number of rotatable bonds is 1. The van der Waals surface area contributed by atoms with Gasteiger partial charge in [0.05, 0.1) is 4.90 Å². The Morgan fingerprint density at radius 1 is 1.70 bits per heavy atom. The van der Waals surface area contributed by atoms with Gasteiger partial charge >= 0.3 is 18.9 Å². The third-order valence-electron chi connectivity index (χ3n) is 0.997. The molecule has 1 N–H and O–H groups in total. The Morgan fingerprint density at radius 3 is 2.50 bits per heavy atom. The maximum atomic E-state index is 10.4. The first-order chi connectivity index (χ1) is 4.22. The summed E-state index contributed by atoms with van der Waals surface area (Å²) in [7, 11) is 0. The van der Waals surface area contributed by atoms with Crippen molar-refractivity contribution in [2.75, 3.05) is 0 Å². The quantitative estimate of drug-likeness (QED) is 0.422. The molecule has 0 saturated carbocycles. The molecule has 1 atom stereocenters. The van der Waals surface area contributed by atoms with E-state index in [1.54, 1.807) is 5.38 Å². The summed E-state index contributed by atoms with van der Waals surface area (Å²) in [6, 6.07) is 0. The molecule has 0 radical (unpaired) electrons. The minimum atomic E-state index is -1.80. The summed E-state index contributed by atoms with van der Waals surface area (Å²) in [6.45, 7) is 1.82. The van der Waals surface area contributed by atoms with Crippen LogP contribution in [0, 0.1) is 6.92 Å². The molecule has 1 aromatic rings. The number of aryl methyl sites for hydroxylation is 1. The second-order valence-electron chi connectivity index (χ2n) is 1.67. The predicted octanol–water partition coefficient (Wildman–Crippen LogP) is -1.25. The molecule has 1 aromatic heterocycles. The average Bonchev–Trinajstić information content (AvgIpc) is 2.13. The Morgan fingerprint density at radius 2 is 2.30 bits per heavy atom. The summed E-state index contributed by atoms with van der Waals surface area (Å²) in [5.41, 5.74) is 0.890. The fourth-order valence-electron chi connectivity index (χ4n) is 0.528. The molecule has 0 aromatic carbocycles. The third kappa shape index (κ3) is 2.22. The number of hydrogen-bond donors (Lipinski definition) is 1. The van der Waals surface area contributed by atoms with E-state index in [1.807, 2.05) is 12.3 Å². The van der Waals surface area contributed by atoms with Gasteiger partial charge in [0, 0.05) is 5.38 Å². The van der Waals surface area contributed by atoms with Crippen molar-refractivity contribution in [1.82, 2.24) is 0 Å². The van der Waals surface area contributed by atoms with Crippen LogP contribution in [0.15, 0.2) is 15.7 Å². The molecule has 1 heterocycles. The Hall–Kier alpha value is 0.407. The topological polar surface area (TPSA) is 37.3 Å². The second kappa shape index (κ2) is 4.32. The van der Waals surface area contributed by atoms with Gasteiger partial charge in [0.1, 0.15) is 0 Å². The summed E-state index contributed by atoms with van der Waals surface area (Å²) >= 11 is -0.358. The van der Waals surface area contributed by atoms with Gasteiger partial charge in [-0.2, -0.15) is 11.3 Å². The molecule has 0 aliphatic heterocycles. The zero-order valence-corrected chi connectivity index (χ0v) is 7.46. The summed E-state index contributed by atoms with van der Waals surface area (Å²) < 4.78 is 19.0. The van der Waals surface area contributed by atoms with E-state index in [9.17, 15) is 4.21 Å². The van der Waals surface area contributed by atoms with Crippen molar-refractivity contribution in [1.29, 1.82) is 0 Å². The van der Waals surface area contributed by atoms with Crippen LogP contribution in [0.3, 0.4) is 0 Å². The molecule has 0 spiro atoms. The fourth-order valence-corrected chi connectivity index (χ4v) is 2.14. The van der Waals surface area contributed by atoms with E-state index < -0.39 is 11.1 Å². The van der Waals surface area contributed by atoms with E-state index in [1.165, 1.54) is 11.3 Å². The summed E-state index contributed by atoms with van der Waals surface area (Å²) in [5.74, 6) is 0. The molecule has 0 bridgehead atoms. The Kier molecular flexibility index (Phi) is 4.50. The minimum absolute atomic E-state index is 0. The maximum Gasteiger partial charge on any atom is 1.00 e. The van der Waals surface area contributed by atoms with Crippen molar-refractivity contribution >= 4 is 22.4 Å². The van der Waals surface area contributed by atoms with Crippen LogP contribution in [-0.2, 0) is 11.1 Å². The largest absolute Gasteiger partial charge is 1.00 e. The summed E-state index contributed by atoms with van der Waals surface area (Å²) in [6.07, 6.45) is 0. The van der Waals surface area contributed by atoms with Gasteiger partial charge in [0.2, 0.25) is 0 Å². The van der Waals surface area contributed by atoms with Crippen molar-refractivity contribution in [2.45, 2.75) is 11.8 Å². The zero-order chi connectivity index (χ0) is 6.85. The van der Waals surface area contributed by atoms with E-state index in [0.29, 0.717) is 4.90 Å². The van der Waals surface area contributed by atoms with Gasteiger partial charge in [-0.1, -0.05) is 0 Å². The monoisotopic (exact) mass is 170 g/mol. The maximum absolute atomic E-state index is 10.4. The average molecular weight is 170 g/mol. The van der Waals surface area contributed by atoms with Crippen LogP contribution in [0.1, 0.15) is 6.99 Å². The molecule has 0 fully saturated rings. The second-order valence-corrected chi connectivity index (χ2v) is 3.35. The molecule has 1 rings (SSSR count). The van der Waals surface area contributed by atoms with Crippen LogP contribution < -0.4 is 18.9 Å². The molecular formula is C5H7LiO2S2. The SMILES string of the molecule is Cc1cscc1S(=O)O.[H-].[Li+]. The molecular weight excluding hydrogens is 163 g/mol. The van der Waals surface area contributed by atoms with Crippen LogP contribution in [0.25, 0.3) is 0 Å². The van der Waals surface area contributed by atoms with E-state index >= 15 is 0 Å². The standard InChI is InChI=1S/C5H6O2S2.Li.H/c1-4-2-8-3-5(4)9(6)7;;/h2-3H,1H3,(H,6,7);;/q;+1;-1. The molecule has 1 unspecified atom stereocenters. The molecule has 0 aliphatic rings. The number of thiophene rings is 1. The smallest absolute Gasteiger partial charge is 1.00 e. The van der Waals surface area contributed by atoms with Crippen LogP contribution in [0.5, 0.6) is 0 Å². The van der Waals surface area contributed by atoms with Crippen LogP contribution in [-0.4, -0.2) is 8.76 Å². The van der Waals surface area contributed by atoms with Gasteiger partial charge in [-0.05, 0) is 17.9 Å². The van der Waals surface area contributed by atoms with Crippen molar-refractivity contribution in [3.8, 4) is 0 Å². The number of hydrogen-bond acceptors (Lipinski definition) is 2. The van der Waals surface area contributed by atoms with Crippen LogP contribution in [0.2, 0.25) is 0 Å². The van der Waals surface area contributed by atoms with Gasteiger partial charge in [-0.15, -0.1) is 0 Å². The third-order valence-corrected chi connectivity index (χ3v) is 2.82. The Bertz CT molecular complexity index is 238. The first-order valence-electron chi connectivity index (χ1n) is 2.35. The molecule has 0 saturated heterocycles. The summed E-state index contributed by atoms with van der Waals surface area (Å²) in [5, 5.41) is 3.54. The Balaban J connectivity index is 0. The zero-order valence-electron chi connectivity index (χ0n) is 6.83. The predicted molar refractivity (Wildman–Crippen MR) is 39.2 cm³/mol. The van der Waals surface area contributed by atoms with Gasteiger partial charge in [0.15, 0.2) is 11.1 Å². The van der Waals surface area contributed by atoms with E-state index in [2.05, 4.69) is 0 Å². The van der Waals surface area contributed by atoms with Crippen molar-refractivity contribution in [2.24, 2.45) is 0 Å². The molecule has 2 nitrogen and oxygen atoms in total. The minimum Gasteiger partial charge on any atom is -1.00 e. The molecule has 0 aliphatic carbocycles. The molecule has 0 amide bonds. The van der Waals surface area contributed by atoms with Gasteiger partial charge in [0.25, 0.3) is 0 Å². The van der Waals surface area contributed by atoms with Gasteiger partial charge in [-0.3, -0.25) is 0 Å². The molecule has 10 heavy (non-hydrogen) atoms. The van der Waals surface area contributed by atoms with Crippen LogP contribution >= 0.6 is 11.3 Å². The van der Waals surface area contributed by atoms with Gasteiger partial charge in [-0.25, -0.2) is 4.21 Å². The van der Waals surface area contributed by atoms with Crippen LogP contribution in [0.4, 0.5) is 0 Å². The van der Waals surface area contributed by atoms with E-state index in [0.717, 1.165) is 5.56 Å². The first-order valence-corrected chi connectivity index (χ1v) is 4.40. The summed E-state index contributed by atoms with van der Waals surface area (Å²) in [4.78, 5) is 0.528. The molecule has 5 heteroatoms. The van der Waals surface area contributed by atoms with Crippen molar-refractivity contribution in [3.63, 3.8) is 0 Å².